The van der Waals surface area contributed by atoms with Crippen LogP contribution >= 0.6 is 11.3 Å². The molecule has 2 unspecified atom stereocenters. The smallest absolute Gasteiger partial charge is 0.184 e. The molecule has 1 fully saturated rings. The van der Waals surface area contributed by atoms with E-state index in [4.69, 9.17) is 0 Å². The first-order valence-electron chi connectivity index (χ1n) is 6.36. The van der Waals surface area contributed by atoms with E-state index >= 15 is 0 Å². The van der Waals surface area contributed by atoms with Crippen LogP contribution in [0.1, 0.15) is 31.7 Å². The van der Waals surface area contributed by atoms with Crippen LogP contribution in [0, 0.1) is 12.8 Å². The van der Waals surface area contributed by atoms with Crippen LogP contribution in [0.2, 0.25) is 0 Å². The van der Waals surface area contributed by atoms with Crippen molar-refractivity contribution in [2.45, 2.75) is 39.2 Å². The Bertz CT molecular complexity index is 532. The molecule has 1 N–H and O–H groups in total. The second-order valence-electron chi connectivity index (χ2n) is 5.15. The standard InChI is InChI=1S/C14H18N2S/c1-9-6-7-12-13(8-9)17-14(16-12)15-11-5-3-4-10(11)2/h6-8,10-11H,3-5H2,1-2H3,(H,15,16). The molecule has 0 spiro atoms. The number of thiazole rings is 1. The summed E-state index contributed by atoms with van der Waals surface area (Å²) >= 11 is 1.78. The van der Waals surface area contributed by atoms with Crippen LogP contribution in [0.4, 0.5) is 5.13 Å². The van der Waals surface area contributed by atoms with E-state index in [1.165, 1.54) is 29.5 Å². The van der Waals surface area contributed by atoms with Gasteiger partial charge in [0.25, 0.3) is 0 Å². The first-order chi connectivity index (χ1) is 8.22. The highest BCUT2D eigenvalue weighted by Crippen LogP contribution is 2.32. The summed E-state index contributed by atoms with van der Waals surface area (Å²) in [4.78, 5) is 4.66. The van der Waals surface area contributed by atoms with E-state index in [0.717, 1.165) is 16.6 Å². The van der Waals surface area contributed by atoms with Gasteiger partial charge in [0.15, 0.2) is 5.13 Å². The molecule has 0 saturated heterocycles. The number of aromatic nitrogens is 1. The van der Waals surface area contributed by atoms with Gasteiger partial charge in [-0.15, -0.1) is 0 Å². The Morgan fingerprint density at radius 2 is 2.24 bits per heavy atom. The number of nitrogens with zero attached hydrogens (tertiary/aromatic N) is 1. The molecule has 3 rings (SSSR count). The van der Waals surface area contributed by atoms with Crippen LogP contribution in [0.3, 0.4) is 0 Å². The minimum absolute atomic E-state index is 0.622. The minimum atomic E-state index is 0.622. The molecule has 1 aromatic heterocycles. The predicted molar refractivity (Wildman–Crippen MR) is 74.8 cm³/mol. The monoisotopic (exact) mass is 246 g/mol. The molecule has 0 aliphatic heterocycles. The fourth-order valence-electron chi connectivity index (χ4n) is 2.61. The van der Waals surface area contributed by atoms with Gasteiger partial charge >= 0.3 is 0 Å². The van der Waals surface area contributed by atoms with Gasteiger partial charge in [-0.1, -0.05) is 30.7 Å². The summed E-state index contributed by atoms with van der Waals surface area (Å²) in [5.74, 6) is 0.781. The molecule has 3 heteroatoms. The third kappa shape index (κ3) is 2.16. The molecule has 1 saturated carbocycles. The van der Waals surface area contributed by atoms with Crippen LogP contribution in [0.15, 0.2) is 18.2 Å². The number of rotatable bonds is 2. The molecule has 0 radical (unpaired) electrons. The number of benzene rings is 1. The van der Waals surface area contributed by atoms with E-state index in [9.17, 15) is 0 Å². The highest BCUT2D eigenvalue weighted by molar-refractivity contribution is 7.22. The Kier molecular flexibility index (Phi) is 2.79. The molecule has 90 valence electrons. The summed E-state index contributed by atoms with van der Waals surface area (Å²) in [6.45, 7) is 4.47. The lowest BCUT2D eigenvalue weighted by Crippen LogP contribution is -2.21. The fourth-order valence-corrected chi connectivity index (χ4v) is 3.64. The Balaban J connectivity index is 1.85. The molecule has 1 heterocycles. The number of hydrogen-bond donors (Lipinski definition) is 1. The Morgan fingerprint density at radius 1 is 1.35 bits per heavy atom. The van der Waals surface area contributed by atoms with E-state index in [0.29, 0.717) is 6.04 Å². The van der Waals surface area contributed by atoms with E-state index in [-0.39, 0.29) is 0 Å². The third-order valence-electron chi connectivity index (χ3n) is 3.71. The van der Waals surface area contributed by atoms with Gasteiger partial charge in [-0.05, 0) is 43.4 Å². The van der Waals surface area contributed by atoms with E-state index in [2.05, 4.69) is 42.3 Å². The second kappa shape index (κ2) is 4.30. The highest BCUT2D eigenvalue weighted by Gasteiger charge is 2.23. The minimum Gasteiger partial charge on any atom is -0.358 e. The summed E-state index contributed by atoms with van der Waals surface area (Å²) in [5, 5.41) is 4.69. The van der Waals surface area contributed by atoms with Crippen molar-refractivity contribution >= 4 is 26.7 Å². The largest absolute Gasteiger partial charge is 0.358 e. The number of anilines is 1. The Morgan fingerprint density at radius 3 is 3.00 bits per heavy atom. The number of fused-ring (bicyclic) bond motifs is 1. The Hall–Kier alpha value is -1.09. The van der Waals surface area contributed by atoms with Crippen molar-refractivity contribution in [3.05, 3.63) is 23.8 Å². The summed E-state index contributed by atoms with van der Waals surface area (Å²) in [7, 11) is 0. The highest BCUT2D eigenvalue weighted by atomic mass is 32.1. The van der Waals surface area contributed by atoms with Crippen molar-refractivity contribution in [3.8, 4) is 0 Å². The van der Waals surface area contributed by atoms with Gasteiger partial charge in [0.1, 0.15) is 0 Å². The average Bonchev–Trinajstić information content (AvgIpc) is 2.85. The van der Waals surface area contributed by atoms with Gasteiger partial charge in [0.2, 0.25) is 0 Å². The molecule has 1 aromatic carbocycles. The Labute approximate surface area is 106 Å². The zero-order valence-corrected chi connectivity index (χ0v) is 11.2. The maximum atomic E-state index is 4.66. The van der Waals surface area contributed by atoms with Gasteiger partial charge < -0.3 is 5.32 Å². The molecular formula is C14H18N2S. The number of nitrogens with one attached hydrogen (secondary N) is 1. The van der Waals surface area contributed by atoms with Crippen molar-refractivity contribution in [2.75, 3.05) is 5.32 Å². The second-order valence-corrected chi connectivity index (χ2v) is 6.18. The van der Waals surface area contributed by atoms with E-state index < -0.39 is 0 Å². The molecule has 2 atom stereocenters. The zero-order chi connectivity index (χ0) is 11.8. The van der Waals surface area contributed by atoms with Crippen molar-refractivity contribution < 1.29 is 0 Å². The van der Waals surface area contributed by atoms with Crippen LogP contribution in [0.5, 0.6) is 0 Å². The molecule has 17 heavy (non-hydrogen) atoms. The van der Waals surface area contributed by atoms with Gasteiger partial charge in [-0.2, -0.15) is 0 Å². The molecule has 2 aromatic rings. The van der Waals surface area contributed by atoms with E-state index in [1.54, 1.807) is 11.3 Å². The van der Waals surface area contributed by atoms with Gasteiger partial charge in [-0.3, -0.25) is 0 Å². The van der Waals surface area contributed by atoms with Crippen molar-refractivity contribution in [3.63, 3.8) is 0 Å². The zero-order valence-electron chi connectivity index (χ0n) is 10.4. The van der Waals surface area contributed by atoms with Crippen LogP contribution in [-0.4, -0.2) is 11.0 Å². The topological polar surface area (TPSA) is 24.9 Å². The lowest BCUT2D eigenvalue weighted by atomic mass is 10.1. The predicted octanol–water partition coefficient (Wildman–Crippen LogP) is 4.21. The maximum Gasteiger partial charge on any atom is 0.184 e. The normalized spacial score (nSPS) is 24.4. The average molecular weight is 246 g/mol. The quantitative estimate of drug-likeness (QED) is 0.858. The molecule has 1 aliphatic carbocycles. The SMILES string of the molecule is Cc1ccc2nc(NC3CCCC3C)sc2c1. The van der Waals surface area contributed by atoms with Crippen molar-refractivity contribution in [1.29, 1.82) is 0 Å². The third-order valence-corrected chi connectivity index (χ3v) is 4.66. The fraction of sp³-hybridized carbons (Fsp3) is 0.500. The summed E-state index contributed by atoms with van der Waals surface area (Å²) < 4.78 is 1.29. The lowest BCUT2D eigenvalue weighted by Gasteiger charge is -2.15. The molecular weight excluding hydrogens is 228 g/mol. The number of aryl methyl sites for hydroxylation is 1. The van der Waals surface area contributed by atoms with Crippen LogP contribution in [0.25, 0.3) is 10.2 Å². The molecule has 2 nitrogen and oxygen atoms in total. The van der Waals surface area contributed by atoms with Gasteiger partial charge in [-0.25, -0.2) is 4.98 Å². The first kappa shape index (κ1) is 11.0. The molecule has 0 bridgehead atoms. The summed E-state index contributed by atoms with van der Waals surface area (Å²) in [6, 6.07) is 7.08. The summed E-state index contributed by atoms with van der Waals surface area (Å²) in [6.07, 6.45) is 3.99. The van der Waals surface area contributed by atoms with Crippen molar-refractivity contribution in [1.82, 2.24) is 4.98 Å². The van der Waals surface area contributed by atoms with Crippen LogP contribution < -0.4 is 5.32 Å². The summed E-state index contributed by atoms with van der Waals surface area (Å²) in [5.41, 5.74) is 2.43. The van der Waals surface area contributed by atoms with Crippen molar-refractivity contribution in [2.24, 2.45) is 5.92 Å². The first-order valence-corrected chi connectivity index (χ1v) is 7.18. The number of hydrogen-bond acceptors (Lipinski definition) is 3. The van der Waals surface area contributed by atoms with Gasteiger partial charge in [0, 0.05) is 6.04 Å². The molecule has 0 amide bonds. The maximum absolute atomic E-state index is 4.66. The van der Waals surface area contributed by atoms with Gasteiger partial charge in [0.05, 0.1) is 10.2 Å². The van der Waals surface area contributed by atoms with E-state index in [1.807, 2.05) is 0 Å². The lowest BCUT2D eigenvalue weighted by molar-refractivity contribution is 0.556. The molecule has 1 aliphatic rings. The van der Waals surface area contributed by atoms with Crippen LogP contribution in [-0.2, 0) is 0 Å².